The van der Waals surface area contributed by atoms with Crippen molar-refractivity contribution in [2.24, 2.45) is 0 Å². The quantitative estimate of drug-likeness (QED) is 0.824. The molecule has 1 aromatic carbocycles. The minimum absolute atomic E-state index is 0.0410. The van der Waals surface area contributed by atoms with Crippen LogP contribution in [0.3, 0.4) is 0 Å². The van der Waals surface area contributed by atoms with Crippen LogP contribution in [0.4, 0.5) is 5.69 Å². The van der Waals surface area contributed by atoms with Crippen molar-refractivity contribution in [3.05, 3.63) is 46.4 Å². The lowest BCUT2D eigenvalue weighted by Crippen LogP contribution is -2.26. The first kappa shape index (κ1) is 14.5. The van der Waals surface area contributed by atoms with Crippen molar-refractivity contribution in [1.29, 1.82) is 0 Å². The SMILES string of the molecule is CCCNc1ccccc1C(=O)NCCc1nccs1. The van der Waals surface area contributed by atoms with Gasteiger partial charge in [-0.1, -0.05) is 19.1 Å². The maximum atomic E-state index is 12.2. The molecular formula is C15H19N3OS. The van der Waals surface area contributed by atoms with E-state index in [9.17, 15) is 4.79 Å². The monoisotopic (exact) mass is 289 g/mol. The molecule has 1 amide bonds. The largest absolute Gasteiger partial charge is 0.384 e. The Hall–Kier alpha value is -1.88. The Morgan fingerprint density at radius 1 is 1.30 bits per heavy atom. The molecule has 0 aliphatic heterocycles. The maximum Gasteiger partial charge on any atom is 0.253 e. The molecule has 0 saturated heterocycles. The predicted molar refractivity (Wildman–Crippen MR) is 83.4 cm³/mol. The van der Waals surface area contributed by atoms with Gasteiger partial charge in [0, 0.05) is 36.8 Å². The number of rotatable bonds is 7. The van der Waals surface area contributed by atoms with E-state index in [1.165, 1.54) is 0 Å². The summed E-state index contributed by atoms with van der Waals surface area (Å²) in [5.74, 6) is -0.0410. The molecule has 0 unspecified atom stereocenters. The van der Waals surface area contributed by atoms with Gasteiger partial charge in [0.2, 0.25) is 0 Å². The van der Waals surface area contributed by atoms with Crippen LogP contribution in [0.1, 0.15) is 28.7 Å². The number of anilines is 1. The van der Waals surface area contributed by atoms with E-state index in [0.717, 1.165) is 30.1 Å². The number of benzene rings is 1. The van der Waals surface area contributed by atoms with Crippen molar-refractivity contribution >= 4 is 22.9 Å². The van der Waals surface area contributed by atoms with Gasteiger partial charge in [-0.25, -0.2) is 4.98 Å². The smallest absolute Gasteiger partial charge is 0.253 e. The number of thiazole rings is 1. The molecule has 2 rings (SSSR count). The molecule has 2 aromatic rings. The van der Waals surface area contributed by atoms with Crippen molar-refractivity contribution in [3.8, 4) is 0 Å². The van der Waals surface area contributed by atoms with Gasteiger partial charge in [0.1, 0.15) is 0 Å². The highest BCUT2D eigenvalue weighted by Gasteiger charge is 2.10. The summed E-state index contributed by atoms with van der Waals surface area (Å²) >= 11 is 1.61. The molecule has 2 N–H and O–H groups in total. The fourth-order valence-corrected chi connectivity index (χ4v) is 2.47. The molecule has 1 aromatic heterocycles. The van der Waals surface area contributed by atoms with Gasteiger partial charge in [0.15, 0.2) is 0 Å². The zero-order valence-electron chi connectivity index (χ0n) is 11.6. The second-order valence-electron chi connectivity index (χ2n) is 4.40. The first-order valence-corrected chi connectivity index (χ1v) is 7.68. The van der Waals surface area contributed by atoms with Crippen LogP contribution in [0.15, 0.2) is 35.8 Å². The van der Waals surface area contributed by atoms with Crippen molar-refractivity contribution in [1.82, 2.24) is 10.3 Å². The van der Waals surface area contributed by atoms with Gasteiger partial charge < -0.3 is 10.6 Å². The number of aromatic nitrogens is 1. The van der Waals surface area contributed by atoms with Gasteiger partial charge in [-0.3, -0.25) is 4.79 Å². The molecular weight excluding hydrogens is 270 g/mol. The zero-order valence-corrected chi connectivity index (χ0v) is 12.4. The van der Waals surface area contributed by atoms with Crippen LogP contribution in [0.2, 0.25) is 0 Å². The van der Waals surface area contributed by atoms with Crippen LogP contribution in [0.5, 0.6) is 0 Å². The van der Waals surface area contributed by atoms with Crippen molar-refractivity contribution < 1.29 is 4.79 Å². The van der Waals surface area contributed by atoms with Crippen molar-refractivity contribution in [2.75, 3.05) is 18.4 Å². The summed E-state index contributed by atoms with van der Waals surface area (Å²) in [5, 5.41) is 9.21. The van der Waals surface area contributed by atoms with Gasteiger partial charge in [0.25, 0.3) is 5.91 Å². The number of nitrogens with zero attached hydrogens (tertiary/aromatic N) is 1. The number of nitrogens with one attached hydrogen (secondary N) is 2. The minimum Gasteiger partial charge on any atom is -0.384 e. The van der Waals surface area contributed by atoms with Gasteiger partial charge in [0.05, 0.1) is 10.6 Å². The van der Waals surface area contributed by atoms with Gasteiger partial charge >= 0.3 is 0 Å². The van der Waals surface area contributed by atoms with Crippen LogP contribution < -0.4 is 10.6 Å². The third kappa shape index (κ3) is 4.06. The van der Waals surface area contributed by atoms with E-state index in [1.807, 2.05) is 29.6 Å². The highest BCUT2D eigenvalue weighted by atomic mass is 32.1. The van der Waals surface area contributed by atoms with Crippen LogP contribution in [0, 0.1) is 0 Å². The molecule has 0 spiro atoms. The molecule has 0 bridgehead atoms. The normalized spacial score (nSPS) is 10.2. The summed E-state index contributed by atoms with van der Waals surface area (Å²) in [4.78, 5) is 16.4. The molecule has 0 aliphatic carbocycles. The molecule has 4 nitrogen and oxygen atoms in total. The summed E-state index contributed by atoms with van der Waals surface area (Å²) in [7, 11) is 0. The average molecular weight is 289 g/mol. The lowest BCUT2D eigenvalue weighted by Gasteiger charge is -2.11. The highest BCUT2D eigenvalue weighted by Crippen LogP contribution is 2.14. The third-order valence-electron chi connectivity index (χ3n) is 2.85. The van der Waals surface area contributed by atoms with Crippen molar-refractivity contribution in [3.63, 3.8) is 0 Å². The van der Waals surface area contributed by atoms with E-state index in [4.69, 9.17) is 0 Å². The van der Waals surface area contributed by atoms with Crippen LogP contribution in [-0.2, 0) is 6.42 Å². The van der Waals surface area contributed by atoms with Gasteiger partial charge in [-0.2, -0.15) is 0 Å². The fraction of sp³-hybridized carbons (Fsp3) is 0.333. The lowest BCUT2D eigenvalue weighted by molar-refractivity contribution is 0.0955. The number of para-hydroxylation sites is 1. The molecule has 0 radical (unpaired) electrons. The Morgan fingerprint density at radius 2 is 2.15 bits per heavy atom. The third-order valence-corrected chi connectivity index (χ3v) is 3.68. The first-order valence-electron chi connectivity index (χ1n) is 6.80. The van der Waals surface area contributed by atoms with E-state index in [-0.39, 0.29) is 5.91 Å². The zero-order chi connectivity index (χ0) is 14.2. The first-order chi connectivity index (χ1) is 9.81. The number of amides is 1. The fourth-order valence-electron chi connectivity index (χ4n) is 1.85. The van der Waals surface area contributed by atoms with E-state index in [0.29, 0.717) is 12.1 Å². The summed E-state index contributed by atoms with van der Waals surface area (Å²) in [6.07, 6.45) is 3.58. The Kier molecular flexibility index (Phi) is 5.55. The second kappa shape index (κ2) is 7.65. The number of carbonyl (C=O) groups is 1. The van der Waals surface area contributed by atoms with Crippen LogP contribution in [0.25, 0.3) is 0 Å². The summed E-state index contributed by atoms with van der Waals surface area (Å²) in [6, 6.07) is 7.60. The maximum absolute atomic E-state index is 12.2. The molecule has 0 aliphatic rings. The molecule has 106 valence electrons. The number of hydrogen-bond acceptors (Lipinski definition) is 4. The van der Waals surface area contributed by atoms with Crippen LogP contribution in [-0.4, -0.2) is 24.0 Å². The standard InChI is InChI=1S/C15H19N3OS/c1-2-8-16-13-6-4-3-5-12(13)15(19)18-9-7-14-17-10-11-20-14/h3-6,10-11,16H,2,7-9H2,1H3,(H,18,19). The number of carbonyl (C=O) groups excluding carboxylic acids is 1. The Labute approximate surface area is 123 Å². The second-order valence-corrected chi connectivity index (χ2v) is 5.38. The van der Waals surface area contributed by atoms with E-state index in [2.05, 4.69) is 22.5 Å². The van der Waals surface area contributed by atoms with E-state index >= 15 is 0 Å². The summed E-state index contributed by atoms with van der Waals surface area (Å²) in [6.45, 7) is 3.57. The summed E-state index contributed by atoms with van der Waals surface area (Å²) in [5.41, 5.74) is 1.58. The molecule has 0 saturated carbocycles. The van der Waals surface area contributed by atoms with E-state index < -0.39 is 0 Å². The van der Waals surface area contributed by atoms with Crippen LogP contribution >= 0.6 is 11.3 Å². The highest BCUT2D eigenvalue weighted by molar-refractivity contribution is 7.09. The Bertz CT molecular complexity index is 540. The predicted octanol–water partition coefficient (Wildman–Crippen LogP) is 2.94. The minimum atomic E-state index is -0.0410. The lowest BCUT2D eigenvalue weighted by atomic mass is 10.1. The Balaban J connectivity index is 1.91. The Morgan fingerprint density at radius 3 is 2.90 bits per heavy atom. The summed E-state index contributed by atoms with van der Waals surface area (Å²) < 4.78 is 0. The molecule has 5 heteroatoms. The molecule has 0 fully saturated rings. The topological polar surface area (TPSA) is 54.0 Å². The molecule has 1 heterocycles. The number of hydrogen-bond donors (Lipinski definition) is 2. The molecule has 0 atom stereocenters. The molecule has 20 heavy (non-hydrogen) atoms. The van der Waals surface area contributed by atoms with Gasteiger partial charge in [-0.05, 0) is 18.6 Å². The van der Waals surface area contributed by atoms with Crippen molar-refractivity contribution in [2.45, 2.75) is 19.8 Å². The van der Waals surface area contributed by atoms with Gasteiger partial charge in [-0.15, -0.1) is 11.3 Å². The average Bonchev–Trinajstić information content (AvgIpc) is 2.98. The van der Waals surface area contributed by atoms with E-state index in [1.54, 1.807) is 17.5 Å².